The summed E-state index contributed by atoms with van der Waals surface area (Å²) in [5.74, 6) is 0.743. The van der Waals surface area contributed by atoms with Crippen LogP contribution in [0.4, 0.5) is 5.82 Å². The standard InChI is InChI=1S/C10H11N3O3/c1-15-10(14)8-3-2-7(16-8)6-13-5-4-9(11)12-13/h2-5H,6H2,1H3,(H2,11,12). The highest BCUT2D eigenvalue weighted by atomic mass is 16.5. The van der Waals surface area contributed by atoms with Gasteiger partial charge in [-0.25, -0.2) is 4.79 Å². The van der Waals surface area contributed by atoms with Gasteiger partial charge in [0.15, 0.2) is 0 Å². The molecule has 0 unspecified atom stereocenters. The number of carbonyl (C=O) groups excluding carboxylic acids is 1. The molecule has 6 nitrogen and oxygen atoms in total. The Hall–Kier alpha value is -2.24. The van der Waals surface area contributed by atoms with Crippen LogP contribution in [-0.4, -0.2) is 22.9 Å². The van der Waals surface area contributed by atoms with Crippen LogP contribution >= 0.6 is 0 Å². The van der Waals surface area contributed by atoms with Crippen LogP contribution in [0.3, 0.4) is 0 Å². The number of nitrogens with zero attached hydrogens (tertiary/aromatic N) is 2. The number of aromatic nitrogens is 2. The van der Waals surface area contributed by atoms with E-state index in [2.05, 4.69) is 9.84 Å². The van der Waals surface area contributed by atoms with E-state index in [1.54, 1.807) is 29.1 Å². The van der Waals surface area contributed by atoms with Gasteiger partial charge in [0.05, 0.1) is 13.7 Å². The first kappa shape index (κ1) is 10.3. The van der Waals surface area contributed by atoms with Gasteiger partial charge in [-0.3, -0.25) is 4.68 Å². The van der Waals surface area contributed by atoms with Crippen molar-refractivity contribution in [2.75, 3.05) is 12.8 Å². The molecule has 0 amide bonds. The van der Waals surface area contributed by atoms with Gasteiger partial charge in [0.2, 0.25) is 5.76 Å². The average Bonchev–Trinajstić information content (AvgIpc) is 2.87. The van der Waals surface area contributed by atoms with Crippen LogP contribution in [0.25, 0.3) is 0 Å². The molecule has 0 aliphatic rings. The summed E-state index contributed by atoms with van der Waals surface area (Å²) in [5.41, 5.74) is 5.47. The lowest BCUT2D eigenvalue weighted by molar-refractivity contribution is 0.0563. The molecule has 0 aromatic carbocycles. The Kier molecular flexibility index (Phi) is 2.63. The lowest BCUT2D eigenvalue weighted by Crippen LogP contribution is -2.01. The van der Waals surface area contributed by atoms with Gasteiger partial charge >= 0.3 is 5.97 Å². The number of carbonyl (C=O) groups is 1. The zero-order valence-electron chi connectivity index (χ0n) is 8.71. The second-order valence-electron chi connectivity index (χ2n) is 3.20. The number of methoxy groups -OCH3 is 1. The fourth-order valence-corrected chi connectivity index (χ4v) is 1.30. The molecule has 0 spiro atoms. The van der Waals surface area contributed by atoms with Crippen molar-refractivity contribution >= 4 is 11.8 Å². The molecule has 2 heterocycles. The molecule has 2 N–H and O–H groups in total. The van der Waals surface area contributed by atoms with Crippen LogP contribution in [0.1, 0.15) is 16.3 Å². The van der Waals surface area contributed by atoms with E-state index in [9.17, 15) is 4.79 Å². The fourth-order valence-electron chi connectivity index (χ4n) is 1.30. The molecule has 0 saturated heterocycles. The molecule has 0 aliphatic carbocycles. The summed E-state index contributed by atoms with van der Waals surface area (Å²) in [6.07, 6.45) is 1.73. The number of esters is 1. The Labute approximate surface area is 91.6 Å². The van der Waals surface area contributed by atoms with E-state index in [0.29, 0.717) is 18.1 Å². The Morgan fingerprint density at radius 3 is 3.00 bits per heavy atom. The number of nitrogens with two attached hydrogens (primary N) is 1. The molecular formula is C10H11N3O3. The van der Waals surface area contributed by atoms with E-state index in [1.807, 2.05) is 0 Å². The molecule has 2 aromatic rings. The highest BCUT2D eigenvalue weighted by Gasteiger charge is 2.11. The van der Waals surface area contributed by atoms with E-state index in [4.69, 9.17) is 10.2 Å². The molecule has 0 radical (unpaired) electrons. The Bertz CT molecular complexity index is 501. The third-order valence-corrected chi connectivity index (χ3v) is 2.03. The number of hydrogen-bond acceptors (Lipinski definition) is 5. The minimum atomic E-state index is -0.494. The summed E-state index contributed by atoms with van der Waals surface area (Å²) < 4.78 is 11.4. The maximum absolute atomic E-state index is 11.1. The number of nitrogen functional groups attached to an aromatic ring is 1. The number of ether oxygens (including phenoxy) is 1. The highest BCUT2D eigenvalue weighted by molar-refractivity contribution is 5.86. The van der Waals surface area contributed by atoms with Gasteiger partial charge in [-0.2, -0.15) is 5.10 Å². The van der Waals surface area contributed by atoms with Crippen molar-refractivity contribution in [3.63, 3.8) is 0 Å². The molecule has 0 saturated carbocycles. The summed E-state index contributed by atoms with van der Waals surface area (Å²) in [7, 11) is 1.30. The van der Waals surface area contributed by atoms with Gasteiger partial charge in [-0.15, -0.1) is 0 Å². The highest BCUT2D eigenvalue weighted by Crippen LogP contribution is 2.10. The normalized spacial score (nSPS) is 10.3. The lowest BCUT2D eigenvalue weighted by Gasteiger charge is -1.97. The van der Waals surface area contributed by atoms with Gasteiger partial charge in [-0.1, -0.05) is 0 Å². The van der Waals surface area contributed by atoms with Gasteiger partial charge in [0.1, 0.15) is 11.6 Å². The smallest absolute Gasteiger partial charge is 0.373 e. The molecule has 0 bridgehead atoms. The SMILES string of the molecule is COC(=O)c1ccc(Cn2ccc(N)n2)o1. The summed E-state index contributed by atoms with van der Waals surface area (Å²) in [4.78, 5) is 11.1. The van der Waals surface area contributed by atoms with Gasteiger partial charge < -0.3 is 14.9 Å². The number of anilines is 1. The molecule has 6 heteroatoms. The van der Waals surface area contributed by atoms with Crippen LogP contribution in [0.15, 0.2) is 28.8 Å². The first-order chi connectivity index (χ1) is 7.69. The largest absolute Gasteiger partial charge is 0.463 e. The maximum Gasteiger partial charge on any atom is 0.373 e. The number of rotatable bonds is 3. The van der Waals surface area contributed by atoms with Crippen molar-refractivity contribution in [2.45, 2.75) is 6.54 Å². The van der Waals surface area contributed by atoms with E-state index < -0.39 is 5.97 Å². The van der Waals surface area contributed by atoms with Crippen LogP contribution < -0.4 is 5.73 Å². The van der Waals surface area contributed by atoms with Gasteiger partial charge in [0, 0.05) is 6.20 Å². The molecule has 84 valence electrons. The summed E-state index contributed by atoms with van der Waals surface area (Å²) in [5, 5.41) is 4.00. The number of furan rings is 1. The average molecular weight is 221 g/mol. The predicted octanol–water partition coefficient (Wildman–Crippen LogP) is 0.893. The first-order valence-electron chi connectivity index (χ1n) is 4.65. The van der Waals surface area contributed by atoms with Crippen molar-refractivity contribution < 1.29 is 13.9 Å². The third kappa shape index (κ3) is 2.05. The lowest BCUT2D eigenvalue weighted by atomic mass is 10.4. The second kappa shape index (κ2) is 4.09. The Morgan fingerprint density at radius 2 is 2.38 bits per heavy atom. The van der Waals surface area contributed by atoms with Crippen molar-refractivity contribution in [1.29, 1.82) is 0 Å². The first-order valence-corrected chi connectivity index (χ1v) is 4.65. The zero-order valence-corrected chi connectivity index (χ0v) is 8.71. The van der Waals surface area contributed by atoms with E-state index in [-0.39, 0.29) is 5.76 Å². The zero-order chi connectivity index (χ0) is 11.5. The van der Waals surface area contributed by atoms with E-state index in [1.165, 1.54) is 7.11 Å². The molecule has 2 aromatic heterocycles. The van der Waals surface area contributed by atoms with Gasteiger partial charge in [0.25, 0.3) is 0 Å². The summed E-state index contributed by atoms with van der Waals surface area (Å²) >= 11 is 0. The molecule has 16 heavy (non-hydrogen) atoms. The van der Waals surface area contributed by atoms with Crippen LogP contribution in [-0.2, 0) is 11.3 Å². The van der Waals surface area contributed by atoms with Gasteiger partial charge in [-0.05, 0) is 18.2 Å². The van der Waals surface area contributed by atoms with Crippen molar-refractivity contribution in [3.8, 4) is 0 Å². The third-order valence-electron chi connectivity index (χ3n) is 2.03. The molecule has 0 aliphatic heterocycles. The van der Waals surface area contributed by atoms with E-state index in [0.717, 1.165) is 0 Å². The predicted molar refractivity (Wildman–Crippen MR) is 55.8 cm³/mol. The van der Waals surface area contributed by atoms with Crippen molar-refractivity contribution in [2.24, 2.45) is 0 Å². The van der Waals surface area contributed by atoms with E-state index >= 15 is 0 Å². The minimum absolute atomic E-state index is 0.178. The number of hydrogen-bond donors (Lipinski definition) is 1. The Morgan fingerprint density at radius 1 is 1.56 bits per heavy atom. The summed E-state index contributed by atoms with van der Waals surface area (Å²) in [6, 6.07) is 4.95. The monoisotopic (exact) mass is 221 g/mol. The molecule has 0 fully saturated rings. The van der Waals surface area contributed by atoms with Crippen LogP contribution in [0.2, 0.25) is 0 Å². The van der Waals surface area contributed by atoms with Crippen molar-refractivity contribution in [1.82, 2.24) is 9.78 Å². The molecule has 0 atom stereocenters. The summed E-state index contributed by atoms with van der Waals surface area (Å²) in [6.45, 7) is 0.425. The van der Waals surface area contributed by atoms with Crippen LogP contribution in [0, 0.1) is 0 Å². The van der Waals surface area contributed by atoms with Crippen LogP contribution in [0.5, 0.6) is 0 Å². The second-order valence-corrected chi connectivity index (χ2v) is 3.20. The molecule has 2 rings (SSSR count). The molecular weight excluding hydrogens is 210 g/mol. The Balaban J connectivity index is 2.11. The fraction of sp³-hybridized carbons (Fsp3) is 0.200. The topological polar surface area (TPSA) is 83.3 Å². The van der Waals surface area contributed by atoms with Crippen molar-refractivity contribution in [3.05, 3.63) is 35.9 Å². The minimum Gasteiger partial charge on any atom is -0.463 e. The quantitative estimate of drug-likeness (QED) is 0.778. The maximum atomic E-state index is 11.1.